The fraction of sp³-hybridized carbons (Fsp3) is 0.270. The number of nitrogens with zero attached hydrogens (tertiary/aromatic N) is 2. The van der Waals surface area contributed by atoms with Crippen molar-refractivity contribution in [1.29, 1.82) is 0 Å². The number of fused-ring (bicyclic) bond motifs is 5. The van der Waals surface area contributed by atoms with E-state index in [1.807, 2.05) is 60.7 Å². The summed E-state index contributed by atoms with van der Waals surface area (Å²) >= 11 is 0. The van der Waals surface area contributed by atoms with E-state index in [9.17, 15) is 15.0 Å². The average Bonchev–Trinajstić information content (AvgIpc) is 3.38. The van der Waals surface area contributed by atoms with Crippen LogP contribution in [-0.4, -0.2) is 51.7 Å². The number of likely N-dealkylation sites (tertiary alicyclic amines) is 1. The van der Waals surface area contributed by atoms with Crippen LogP contribution in [0.25, 0.3) is 33.3 Å². The minimum absolute atomic E-state index is 0.0336. The third-order valence-electron chi connectivity index (χ3n) is 8.89. The van der Waals surface area contributed by atoms with Gasteiger partial charge in [0.2, 0.25) is 0 Å². The Morgan fingerprint density at radius 2 is 1.51 bits per heavy atom. The quantitative estimate of drug-likeness (QED) is 0.149. The number of aryl methyl sites for hydroxylation is 2. The Labute approximate surface area is 251 Å². The summed E-state index contributed by atoms with van der Waals surface area (Å²) in [6.07, 6.45) is 5.69. The van der Waals surface area contributed by atoms with Gasteiger partial charge in [0.25, 0.3) is 0 Å². The molecule has 1 aromatic heterocycles. The number of benzene rings is 4. The number of hydrogen-bond acceptors (Lipinski definition) is 5. The van der Waals surface area contributed by atoms with Crippen LogP contribution in [0.3, 0.4) is 0 Å². The van der Waals surface area contributed by atoms with Crippen LogP contribution in [-0.2, 0) is 13.0 Å². The molecule has 3 heterocycles. The predicted octanol–water partition coefficient (Wildman–Crippen LogP) is 7.43. The lowest BCUT2D eigenvalue weighted by Crippen LogP contribution is -2.31. The van der Waals surface area contributed by atoms with Crippen LogP contribution in [0.15, 0.2) is 84.9 Å². The van der Waals surface area contributed by atoms with Crippen molar-refractivity contribution in [1.82, 2.24) is 9.47 Å². The van der Waals surface area contributed by atoms with Crippen LogP contribution in [0.5, 0.6) is 17.2 Å². The van der Waals surface area contributed by atoms with E-state index in [0.29, 0.717) is 24.3 Å². The molecular weight excluding hydrogens is 536 g/mol. The molecule has 7 rings (SSSR count). The highest BCUT2D eigenvalue weighted by Gasteiger charge is 2.29. The Morgan fingerprint density at radius 3 is 2.30 bits per heavy atom. The van der Waals surface area contributed by atoms with Crippen LogP contribution in [0.1, 0.15) is 47.2 Å². The molecule has 6 nitrogen and oxygen atoms in total. The number of rotatable bonds is 8. The fourth-order valence-electron chi connectivity index (χ4n) is 6.68. The van der Waals surface area contributed by atoms with Gasteiger partial charge in [0, 0.05) is 35.1 Å². The van der Waals surface area contributed by atoms with Crippen LogP contribution < -0.4 is 4.74 Å². The Balaban J connectivity index is 1.20. The third-order valence-corrected chi connectivity index (χ3v) is 8.89. The molecular formula is C37H36N2O4. The van der Waals surface area contributed by atoms with E-state index in [1.54, 1.807) is 18.2 Å². The fourth-order valence-corrected chi connectivity index (χ4v) is 6.68. The van der Waals surface area contributed by atoms with E-state index in [1.165, 1.54) is 32.4 Å². The molecule has 0 aliphatic carbocycles. The highest BCUT2D eigenvalue weighted by atomic mass is 16.5. The molecule has 0 atom stereocenters. The maximum absolute atomic E-state index is 14.3. The predicted molar refractivity (Wildman–Crippen MR) is 170 cm³/mol. The summed E-state index contributed by atoms with van der Waals surface area (Å²) in [7, 11) is 0. The molecule has 0 saturated carbocycles. The molecule has 1 saturated heterocycles. The molecule has 218 valence electrons. The van der Waals surface area contributed by atoms with Gasteiger partial charge >= 0.3 is 0 Å². The van der Waals surface area contributed by atoms with Crippen molar-refractivity contribution in [3.63, 3.8) is 0 Å². The zero-order valence-electron chi connectivity index (χ0n) is 24.3. The van der Waals surface area contributed by atoms with Crippen molar-refractivity contribution >= 4 is 16.7 Å². The average molecular weight is 573 g/mol. The number of aromatic hydroxyl groups is 2. The van der Waals surface area contributed by atoms with Gasteiger partial charge in [-0.1, -0.05) is 30.7 Å². The van der Waals surface area contributed by atoms with E-state index in [0.717, 1.165) is 64.0 Å². The monoisotopic (exact) mass is 572 g/mol. The lowest BCUT2D eigenvalue weighted by Gasteiger charge is -2.26. The Kier molecular flexibility index (Phi) is 7.37. The van der Waals surface area contributed by atoms with Crippen molar-refractivity contribution < 1.29 is 19.7 Å². The van der Waals surface area contributed by atoms with E-state index < -0.39 is 0 Å². The molecule has 2 aliphatic rings. The number of phenols is 2. The molecule has 6 heteroatoms. The molecule has 0 unspecified atom stereocenters. The van der Waals surface area contributed by atoms with Crippen LogP contribution in [0.2, 0.25) is 0 Å². The molecule has 0 amide bonds. The summed E-state index contributed by atoms with van der Waals surface area (Å²) in [5.41, 5.74) is 7.21. The molecule has 1 fully saturated rings. The Bertz CT molecular complexity index is 1780. The van der Waals surface area contributed by atoms with E-state index in [4.69, 9.17) is 4.74 Å². The van der Waals surface area contributed by atoms with Gasteiger partial charge in [-0.15, -0.1) is 0 Å². The summed E-state index contributed by atoms with van der Waals surface area (Å²) in [5, 5.41) is 20.9. The van der Waals surface area contributed by atoms with Crippen molar-refractivity contribution in [2.75, 3.05) is 26.2 Å². The van der Waals surface area contributed by atoms with Gasteiger partial charge in [0.1, 0.15) is 17.2 Å². The molecule has 5 aromatic rings. The van der Waals surface area contributed by atoms with Crippen LogP contribution >= 0.6 is 0 Å². The van der Waals surface area contributed by atoms with E-state index >= 15 is 0 Å². The normalized spacial score (nSPS) is 14.8. The van der Waals surface area contributed by atoms with Gasteiger partial charge < -0.3 is 24.4 Å². The maximum Gasteiger partial charge on any atom is 0.195 e. The summed E-state index contributed by atoms with van der Waals surface area (Å²) < 4.78 is 8.26. The standard InChI is InChI=1S/C37H36N2O4/c40-29-10-5-25(6-11-29)27-9-15-33-34(24-27)39-21-17-28-23-30(41)12-16-32(28)36(39)35(33)37(42)26-7-13-31(14-8-26)43-22-4-20-38-18-2-1-3-19-38/h5-16,23-24,40-41H,1-4,17-22H2. The Morgan fingerprint density at radius 1 is 0.767 bits per heavy atom. The van der Waals surface area contributed by atoms with Gasteiger partial charge in [-0.25, -0.2) is 0 Å². The number of hydrogen-bond donors (Lipinski definition) is 2. The third kappa shape index (κ3) is 5.39. The molecule has 0 radical (unpaired) electrons. The van der Waals surface area contributed by atoms with Crippen LogP contribution in [0.4, 0.5) is 0 Å². The van der Waals surface area contributed by atoms with Crippen LogP contribution in [0, 0.1) is 0 Å². The first-order valence-electron chi connectivity index (χ1n) is 15.3. The van der Waals surface area contributed by atoms with Gasteiger partial charge in [-0.2, -0.15) is 0 Å². The topological polar surface area (TPSA) is 74.9 Å². The summed E-state index contributed by atoms with van der Waals surface area (Å²) in [5.74, 6) is 1.20. The van der Waals surface area contributed by atoms with Gasteiger partial charge in [-0.05, 0) is 116 Å². The van der Waals surface area contributed by atoms with Gasteiger partial charge in [-0.3, -0.25) is 4.79 Å². The zero-order valence-corrected chi connectivity index (χ0v) is 24.3. The molecule has 0 spiro atoms. The molecule has 4 aromatic carbocycles. The smallest absolute Gasteiger partial charge is 0.195 e. The van der Waals surface area contributed by atoms with Crippen molar-refractivity contribution in [2.45, 2.75) is 38.6 Å². The Hall–Kier alpha value is -4.55. The highest BCUT2D eigenvalue weighted by Crippen LogP contribution is 2.42. The molecule has 2 N–H and O–H groups in total. The number of piperidine rings is 1. The first-order chi connectivity index (χ1) is 21.0. The highest BCUT2D eigenvalue weighted by molar-refractivity contribution is 6.21. The first kappa shape index (κ1) is 27.3. The molecule has 2 aliphatic heterocycles. The van der Waals surface area contributed by atoms with Crippen molar-refractivity contribution in [2.24, 2.45) is 0 Å². The summed E-state index contributed by atoms with van der Waals surface area (Å²) in [4.78, 5) is 16.8. The van der Waals surface area contributed by atoms with Gasteiger partial charge in [0.05, 0.1) is 17.9 Å². The second-order valence-corrected chi connectivity index (χ2v) is 11.7. The maximum atomic E-state index is 14.3. The number of aromatic nitrogens is 1. The lowest BCUT2D eigenvalue weighted by molar-refractivity contribution is 0.104. The van der Waals surface area contributed by atoms with E-state index in [-0.39, 0.29) is 17.3 Å². The minimum atomic E-state index is -0.0336. The van der Waals surface area contributed by atoms with Crippen molar-refractivity contribution in [3.8, 4) is 39.6 Å². The second kappa shape index (κ2) is 11.6. The number of ether oxygens (including phenoxy) is 1. The van der Waals surface area contributed by atoms with Crippen molar-refractivity contribution in [3.05, 3.63) is 102 Å². The lowest BCUT2D eigenvalue weighted by atomic mass is 9.92. The number of ketones is 1. The first-order valence-corrected chi connectivity index (χ1v) is 15.3. The largest absolute Gasteiger partial charge is 0.508 e. The van der Waals surface area contributed by atoms with E-state index in [2.05, 4.69) is 15.5 Å². The molecule has 0 bridgehead atoms. The summed E-state index contributed by atoms with van der Waals surface area (Å²) in [6, 6.07) is 26.3. The SMILES string of the molecule is O=C(c1ccc(OCCCN2CCCCC2)cc1)c1c2n(c3cc(-c4ccc(O)cc4)ccc13)CCc1cc(O)ccc1-2. The number of phenolic OH excluding ortho intramolecular Hbond substituents is 2. The minimum Gasteiger partial charge on any atom is -0.508 e. The summed E-state index contributed by atoms with van der Waals surface area (Å²) in [6.45, 7) is 4.82. The number of carbonyl (C=O) groups is 1. The van der Waals surface area contributed by atoms with Gasteiger partial charge in [0.15, 0.2) is 5.78 Å². The number of carbonyl (C=O) groups excluding carboxylic acids is 1. The molecule has 43 heavy (non-hydrogen) atoms. The zero-order chi connectivity index (χ0) is 29.3. The second-order valence-electron chi connectivity index (χ2n) is 11.7.